The third kappa shape index (κ3) is 4.02. The van der Waals surface area contributed by atoms with Crippen LogP contribution in [0.4, 0.5) is 5.69 Å². The average molecular weight is 357 g/mol. The summed E-state index contributed by atoms with van der Waals surface area (Å²) < 4.78 is 0. The van der Waals surface area contributed by atoms with Crippen LogP contribution in [0.15, 0.2) is 54.6 Å². The van der Waals surface area contributed by atoms with E-state index in [0.717, 1.165) is 11.3 Å². The second-order valence-electron chi connectivity index (χ2n) is 6.21. The van der Waals surface area contributed by atoms with Crippen molar-refractivity contribution in [1.82, 2.24) is 4.90 Å². The molecular weight excluding hydrogens is 336 g/mol. The number of piperazine rings is 1. The standard InChI is InChI=1S/C20H21ClN2O2/c1-15-20(25)23(18-10-8-17(21)9-11-18)14-13-22(15)19(24)12-7-16-5-3-2-4-6-16/h2-6,8-11,15H,7,12-14H2,1H3/t15-/m0/s1. The highest BCUT2D eigenvalue weighted by atomic mass is 35.5. The van der Waals surface area contributed by atoms with Gasteiger partial charge >= 0.3 is 0 Å². The van der Waals surface area contributed by atoms with Crippen molar-refractivity contribution < 1.29 is 9.59 Å². The second kappa shape index (κ2) is 7.70. The lowest BCUT2D eigenvalue weighted by Gasteiger charge is -2.39. The van der Waals surface area contributed by atoms with Gasteiger partial charge in [0.05, 0.1) is 0 Å². The number of hydrogen-bond acceptors (Lipinski definition) is 2. The van der Waals surface area contributed by atoms with Gasteiger partial charge in [0.1, 0.15) is 6.04 Å². The molecule has 0 N–H and O–H groups in total. The Balaban J connectivity index is 1.62. The smallest absolute Gasteiger partial charge is 0.249 e. The van der Waals surface area contributed by atoms with Crippen molar-refractivity contribution in [2.75, 3.05) is 18.0 Å². The predicted molar refractivity (Wildman–Crippen MR) is 99.7 cm³/mol. The second-order valence-corrected chi connectivity index (χ2v) is 6.65. The molecule has 0 radical (unpaired) electrons. The summed E-state index contributed by atoms with van der Waals surface area (Å²) in [6.45, 7) is 2.84. The Morgan fingerprint density at radius 1 is 1.08 bits per heavy atom. The van der Waals surface area contributed by atoms with Crippen LogP contribution in [0, 0.1) is 0 Å². The summed E-state index contributed by atoms with van der Waals surface area (Å²) in [7, 11) is 0. The predicted octanol–water partition coefficient (Wildman–Crippen LogP) is 3.54. The summed E-state index contributed by atoms with van der Waals surface area (Å²) in [5.41, 5.74) is 1.95. The molecule has 0 aromatic heterocycles. The van der Waals surface area contributed by atoms with E-state index in [-0.39, 0.29) is 11.8 Å². The lowest BCUT2D eigenvalue weighted by molar-refractivity contribution is -0.140. The van der Waals surface area contributed by atoms with Crippen LogP contribution < -0.4 is 4.90 Å². The molecule has 1 heterocycles. The van der Waals surface area contributed by atoms with E-state index < -0.39 is 6.04 Å². The normalized spacial score (nSPS) is 17.7. The molecule has 0 saturated carbocycles. The largest absolute Gasteiger partial charge is 0.329 e. The molecule has 0 spiro atoms. The van der Waals surface area contributed by atoms with Crippen LogP contribution in [0.25, 0.3) is 0 Å². The SMILES string of the molecule is C[C@H]1C(=O)N(c2ccc(Cl)cc2)CCN1C(=O)CCc1ccccc1. The van der Waals surface area contributed by atoms with Crippen molar-refractivity contribution in [3.63, 3.8) is 0 Å². The minimum atomic E-state index is -0.451. The monoisotopic (exact) mass is 356 g/mol. The van der Waals surface area contributed by atoms with Gasteiger partial charge in [0.25, 0.3) is 0 Å². The number of aryl methyl sites for hydroxylation is 1. The van der Waals surface area contributed by atoms with Crippen LogP contribution in [0.5, 0.6) is 0 Å². The van der Waals surface area contributed by atoms with Crippen molar-refractivity contribution in [2.45, 2.75) is 25.8 Å². The van der Waals surface area contributed by atoms with E-state index in [1.165, 1.54) is 0 Å². The summed E-state index contributed by atoms with van der Waals surface area (Å²) in [5, 5.41) is 0.638. The van der Waals surface area contributed by atoms with E-state index in [4.69, 9.17) is 11.6 Å². The lowest BCUT2D eigenvalue weighted by atomic mass is 10.1. The zero-order valence-electron chi connectivity index (χ0n) is 14.2. The first-order chi connectivity index (χ1) is 12.1. The Labute approximate surface area is 153 Å². The molecule has 3 rings (SSSR count). The van der Waals surface area contributed by atoms with E-state index in [9.17, 15) is 9.59 Å². The molecule has 1 aliphatic rings. The maximum Gasteiger partial charge on any atom is 0.249 e. The average Bonchev–Trinajstić information content (AvgIpc) is 2.64. The molecule has 4 nitrogen and oxygen atoms in total. The minimum Gasteiger partial charge on any atom is -0.329 e. The Bertz CT molecular complexity index is 746. The van der Waals surface area contributed by atoms with Gasteiger partial charge < -0.3 is 9.80 Å². The van der Waals surface area contributed by atoms with E-state index in [1.54, 1.807) is 28.9 Å². The Hall–Kier alpha value is -2.33. The topological polar surface area (TPSA) is 40.6 Å². The highest BCUT2D eigenvalue weighted by molar-refractivity contribution is 6.30. The number of rotatable bonds is 4. The Morgan fingerprint density at radius 3 is 2.44 bits per heavy atom. The van der Waals surface area contributed by atoms with Gasteiger partial charge in [-0.3, -0.25) is 9.59 Å². The summed E-state index contributed by atoms with van der Waals surface area (Å²) in [4.78, 5) is 28.7. The van der Waals surface area contributed by atoms with E-state index in [1.807, 2.05) is 42.5 Å². The third-order valence-corrected chi connectivity index (χ3v) is 4.84. The molecule has 2 aromatic rings. The van der Waals surface area contributed by atoms with Crippen LogP contribution in [-0.2, 0) is 16.0 Å². The molecule has 1 fully saturated rings. The summed E-state index contributed by atoms with van der Waals surface area (Å²) >= 11 is 5.91. The molecule has 1 saturated heterocycles. The van der Waals surface area contributed by atoms with Crippen LogP contribution in [-0.4, -0.2) is 35.8 Å². The number of halogens is 1. The van der Waals surface area contributed by atoms with Crippen molar-refractivity contribution >= 4 is 29.1 Å². The van der Waals surface area contributed by atoms with Crippen molar-refractivity contribution in [3.05, 3.63) is 65.2 Å². The van der Waals surface area contributed by atoms with Gasteiger partial charge in [-0.2, -0.15) is 0 Å². The Kier molecular flexibility index (Phi) is 5.39. The molecule has 1 atom stereocenters. The van der Waals surface area contributed by atoms with Gasteiger partial charge in [-0.1, -0.05) is 41.9 Å². The molecule has 5 heteroatoms. The maximum atomic E-state index is 12.7. The van der Waals surface area contributed by atoms with Gasteiger partial charge in [-0.15, -0.1) is 0 Å². The molecule has 0 aliphatic carbocycles. The van der Waals surface area contributed by atoms with Crippen LogP contribution >= 0.6 is 11.6 Å². The molecule has 1 aliphatic heterocycles. The first-order valence-electron chi connectivity index (χ1n) is 8.46. The highest BCUT2D eigenvalue weighted by Gasteiger charge is 2.34. The number of benzene rings is 2. The number of nitrogens with zero attached hydrogens (tertiary/aromatic N) is 2. The number of amides is 2. The third-order valence-electron chi connectivity index (χ3n) is 4.58. The molecule has 2 amide bonds. The molecule has 0 bridgehead atoms. The van der Waals surface area contributed by atoms with E-state index in [0.29, 0.717) is 31.0 Å². The quantitative estimate of drug-likeness (QED) is 0.840. The fourth-order valence-electron chi connectivity index (χ4n) is 3.13. The number of carbonyl (C=O) groups excluding carboxylic acids is 2. The van der Waals surface area contributed by atoms with Crippen LogP contribution in [0.1, 0.15) is 18.9 Å². The first kappa shape index (κ1) is 17.5. The fourth-order valence-corrected chi connectivity index (χ4v) is 3.25. The van der Waals surface area contributed by atoms with E-state index >= 15 is 0 Å². The zero-order chi connectivity index (χ0) is 17.8. The number of hydrogen-bond donors (Lipinski definition) is 0. The molecule has 2 aromatic carbocycles. The van der Waals surface area contributed by atoms with Gasteiger partial charge in [-0.25, -0.2) is 0 Å². The number of anilines is 1. The van der Waals surface area contributed by atoms with Gasteiger partial charge in [0.2, 0.25) is 11.8 Å². The molecule has 25 heavy (non-hydrogen) atoms. The minimum absolute atomic E-state index is 0.0282. The molecule has 0 unspecified atom stereocenters. The maximum absolute atomic E-state index is 12.7. The first-order valence-corrected chi connectivity index (χ1v) is 8.84. The van der Waals surface area contributed by atoms with E-state index in [2.05, 4.69) is 0 Å². The summed E-state index contributed by atoms with van der Waals surface area (Å²) in [5.74, 6) is -0.0258. The lowest BCUT2D eigenvalue weighted by Crippen LogP contribution is -2.57. The fraction of sp³-hybridized carbons (Fsp3) is 0.300. The van der Waals surface area contributed by atoms with Crippen molar-refractivity contribution in [3.8, 4) is 0 Å². The van der Waals surface area contributed by atoms with Crippen molar-refractivity contribution in [2.24, 2.45) is 0 Å². The van der Waals surface area contributed by atoms with Gasteiger partial charge in [-0.05, 0) is 43.2 Å². The molecular formula is C20H21ClN2O2. The van der Waals surface area contributed by atoms with Crippen LogP contribution in [0.3, 0.4) is 0 Å². The van der Waals surface area contributed by atoms with Gasteiger partial charge in [0, 0.05) is 30.2 Å². The van der Waals surface area contributed by atoms with Crippen LogP contribution in [0.2, 0.25) is 5.02 Å². The highest BCUT2D eigenvalue weighted by Crippen LogP contribution is 2.23. The summed E-state index contributed by atoms with van der Waals surface area (Å²) in [6.07, 6.45) is 1.11. The van der Waals surface area contributed by atoms with Crippen molar-refractivity contribution in [1.29, 1.82) is 0 Å². The zero-order valence-corrected chi connectivity index (χ0v) is 14.9. The Morgan fingerprint density at radius 2 is 1.76 bits per heavy atom. The summed E-state index contributed by atoms with van der Waals surface area (Å²) in [6, 6.07) is 16.7. The molecule has 130 valence electrons. The van der Waals surface area contributed by atoms with Gasteiger partial charge in [0.15, 0.2) is 0 Å². The number of carbonyl (C=O) groups is 2.